The zero-order valence-corrected chi connectivity index (χ0v) is 5.17. The van der Waals surface area contributed by atoms with Crippen LogP contribution in [0.25, 0.3) is 0 Å². The Kier molecular flexibility index (Phi) is 3.82. The van der Waals surface area contributed by atoms with Gasteiger partial charge in [0.25, 0.3) is 0 Å². The first-order valence-corrected chi connectivity index (χ1v) is 3.88. The van der Waals surface area contributed by atoms with Gasteiger partial charge in [-0.1, -0.05) is 0 Å². The molecular formula is C6H6Si. The second kappa shape index (κ2) is 3.95. The van der Waals surface area contributed by atoms with Crippen molar-refractivity contribution in [1.29, 1.82) is 0 Å². The molecule has 34 valence electrons. The summed E-state index contributed by atoms with van der Waals surface area (Å²) in [5.41, 5.74) is 2.61. The first-order valence-electron chi connectivity index (χ1n) is 1.97. The van der Waals surface area contributed by atoms with Crippen LogP contribution in [0.3, 0.4) is 0 Å². The monoisotopic (exact) mass is 106 g/mol. The van der Waals surface area contributed by atoms with Gasteiger partial charge in [-0.2, -0.15) is 0 Å². The fourth-order valence-corrected chi connectivity index (χ4v) is 0.530. The summed E-state index contributed by atoms with van der Waals surface area (Å²) in [6.45, 7) is 15.3. The average Bonchev–Trinajstić information content (AvgIpc) is 1.61. The van der Waals surface area contributed by atoms with Gasteiger partial charge in [0.05, 0.1) is 0 Å². The van der Waals surface area contributed by atoms with Gasteiger partial charge in [-0.15, -0.1) is 11.5 Å². The van der Waals surface area contributed by atoms with Gasteiger partial charge >= 0.3 is 0 Å². The second-order valence-electron chi connectivity index (χ2n) is 1.05. The molecule has 0 aliphatic rings. The molecule has 0 spiro atoms. The van der Waals surface area contributed by atoms with Gasteiger partial charge < -0.3 is 0 Å². The van der Waals surface area contributed by atoms with Gasteiger partial charge in [-0.05, 0) is 20.0 Å². The molecule has 0 fully saturated rings. The minimum absolute atomic E-state index is 0.359. The molecule has 0 nitrogen and oxygen atoms in total. The van der Waals surface area contributed by atoms with Crippen molar-refractivity contribution in [2.75, 3.05) is 0 Å². The molecule has 0 saturated heterocycles. The zero-order chi connectivity index (χ0) is 5.70. The van der Waals surface area contributed by atoms with Gasteiger partial charge in [-0.3, -0.25) is 0 Å². The minimum atomic E-state index is -1.63. The fourth-order valence-electron chi connectivity index (χ4n) is 0.177. The number of hydrogen-bond donors (Lipinski definition) is 0. The lowest BCUT2D eigenvalue weighted by Crippen LogP contribution is -1.95. The smallest absolute Gasteiger partial charge is 0.129 e. The third kappa shape index (κ3) is 5.78. The van der Waals surface area contributed by atoms with E-state index in [1.165, 1.54) is 0 Å². The highest BCUT2D eigenvalue weighted by molar-refractivity contribution is 6.70. The van der Waals surface area contributed by atoms with E-state index >= 15 is 0 Å². The highest BCUT2D eigenvalue weighted by atomic mass is 28.3. The van der Waals surface area contributed by atoms with Crippen molar-refractivity contribution in [3.63, 3.8) is 0 Å². The normalized spacial score (nSPS) is 8.00. The predicted octanol–water partition coefficient (Wildman–Crippen LogP) is 0.358. The maximum Gasteiger partial charge on any atom is 0.129 e. The Bertz CT molecular complexity index is 84.1. The topological polar surface area (TPSA) is 0 Å². The Balaban J connectivity index is 3.24. The van der Waals surface area contributed by atoms with Crippen LogP contribution in [0.4, 0.5) is 0 Å². The quantitative estimate of drug-likeness (QED) is 0.309. The molecule has 1 heteroatoms. The summed E-state index contributed by atoms with van der Waals surface area (Å²) < 4.78 is 0. The summed E-state index contributed by atoms with van der Waals surface area (Å²) in [5.74, 6) is 2.59. The van der Waals surface area contributed by atoms with Gasteiger partial charge in [0, 0.05) is 6.42 Å². The van der Waals surface area contributed by atoms with Crippen LogP contribution in [0.5, 0.6) is 0 Å². The second-order valence-corrected chi connectivity index (χ2v) is 2.39. The molecule has 0 saturated carbocycles. The molecule has 0 atom stereocenters. The SMILES string of the molecule is [CH]CC#C[SiH]([CH])[CH]. The Hall–Kier alpha value is -0.223. The van der Waals surface area contributed by atoms with E-state index in [1.807, 2.05) is 0 Å². The maximum atomic E-state index is 5.17. The van der Waals surface area contributed by atoms with Crippen LogP contribution in [0, 0.1) is 31.5 Å². The van der Waals surface area contributed by atoms with Gasteiger partial charge in [0.2, 0.25) is 0 Å². The summed E-state index contributed by atoms with van der Waals surface area (Å²) in [7, 11) is -1.63. The van der Waals surface area contributed by atoms with Crippen LogP contribution in [0.2, 0.25) is 0 Å². The van der Waals surface area contributed by atoms with E-state index < -0.39 is 8.80 Å². The highest BCUT2D eigenvalue weighted by Crippen LogP contribution is 1.71. The van der Waals surface area contributed by atoms with Crippen molar-refractivity contribution >= 4 is 8.80 Å². The molecule has 7 heavy (non-hydrogen) atoms. The number of rotatable bonds is 0. The summed E-state index contributed by atoms with van der Waals surface area (Å²) in [6.07, 6.45) is 0.359. The average molecular weight is 106 g/mol. The standard InChI is InChI=1S/C6H6Si/c1-4-5-6-7(2)3/h1-3,7H,4H2. The van der Waals surface area contributed by atoms with E-state index in [9.17, 15) is 0 Å². The van der Waals surface area contributed by atoms with Crippen molar-refractivity contribution in [2.24, 2.45) is 0 Å². The summed E-state index contributed by atoms with van der Waals surface area (Å²) in [4.78, 5) is 0. The largest absolute Gasteiger partial charge is 0.135 e. The molecule has 0 aliphatic heterocycles. The van der Waals surface area contributed by atoms with Crippen LogP contribution in [0.15, 0.2) is 0 Å². The van der Waals surface area contributed by atoms with E-state index in [0.29, 0.717) is 6.42 Å². The lowest BCUT2D eigenvalue weighted by molar-refractivity contribution is 1.49. The zero-order valence-electron chi connectivity index (χ0n) is 4.02. The predicted molar refractivity (Wildman–Crippen MR) is 32.4 cm³/mol. The fraction of sp³-hybridized carbons (Fsp3) is 0.167. The van der Waals surface area contributed by atoms with Crippen LogP contribution >= 0.6 is 0 Å². The summed E-state index contributed by atoms with van der Waals surface area (Å²) in [5, 5.41) is 0. The van der Waals surface area contributed by atoms with E-state index in [0.717, 1.165) is 0 Å². The molecule has 0 aromatic carbocycles. The summed E-state index contributed by atoms with van der Waals surface area (Å²) >= 11 is 0. The molecule has 0 aromatic rings. The van der Waals surface area contributed by atoms with Crippen LogP contribution in [-0.4, -0.2) is 8.80 Å². The Labute approximate surface area is 47.5 Å². The van der Waals surface area contributed by atoms with Crippen LogP contribution in [0.1, 0.15) is 6.42 Å². The van der Waals surface area contributed by atoms with Crippen molar-refractivity contribution in [2.45, 2.75) is 6.42 Å². The lowest BCUT2D eigenvalue weighted by Gasteiger charge is -1.79. The van der Waals surface area contributed by atoms with Gasteiger partial charge in [0.15, 0.2) is 0 Å². The van der Waals surface area contributed by atoms with Crippen molar-refractivity contribution in [3.8, 4) is 11.5 Å². The third-order valence-electron chi connectivity index (χ3n) is 0.371. The van der Waals surface area contributed by atoms with E-state index in [2.05, 4.69) is 11.5 Å². The lowest BCUT2D eigenvalue weighted by atomic mass is 10.5. The molecule has 0 unspecified atom stereocenters. The van der Waals surface area contributed by atoms with Gasteiger partial charge in [0.1, 0.15) is 8.80 Å². The van der Waals surface area contributed by atoms with Crippen LogP contribution in [-0.2, 0) is 0 Å². The molecule has 0 N–H and O–H groups in total. The molecule has 6 radical (unpaired) electrons. The number of hydrogen-bond acceptors (Lipinski definition) is 0. The van der Waals surface area contributed by atoms with E-state index in [1.54, 1.807) is 0 Å². The Morgan fingerprint density at radius 3 is 2.14 bits per heavy atom. The maximum absolute atomic E-state index is 5.17. The Morgan fingerprint density at radius 1 is 1.43 bits per heavy atom. The summed E-state index contributed by atoms with van der Waals surface area (Å²) in [6, 6.07) is 0. The first kappa shape index (κ1) is 6.78. The minimum Gasteiger partial charge on any atom is -0.135 e. The van der Waals surface area contributed by atoms with Crippen molar-refractivity contribution in [1.82, 2.24) is 0 Å². The highest BCUT2D eigenvalue weighted by Gasteiger charge is 1.82. The van der Waals surface area contributed by atoms with E-state index in [-0.39, 0.29) is 0 Å². The van der Waals surface area contributed by atoms with Crippen LogP contribution < -0.4 is 0 Å². The Morgan fingerprint density at radius 2 is 2.00 bits per heavy atom. The van der Waals surface area contributed by atoms with E-state index in [4.69, 9.17) is 20.0 Å². The molecule has 0 amide bonds. The van der Waals surface area contributed by atoms with Crippen molar-refractivity contribution in [3.05, 3.63) is 20.0 Å². The van der Waals surface area contributed by atoms with Gasteiger partial charge in [-0.25, -0.2) is 0 Å². The van der Waals surface area contributed by atoms with Crippen molar-refractivity contribution < 1.29 is 0 Å². The first-order chi connectivity index (χ1) is 3.27. The molecule has 0 aliphatic carbocycles. The molecular weight excluding hydrogens is 100 g/mol. The molecule has 0 heterocycles. The third-order valence-corrected chi connectivity index (χ3v) is 0.908. The molecule has 0 rings (SSSR count). The molecule has 0 aromatic heterocycles. The molecule has 0 bridgehead atoms.